The molecule has 0 aliphatic rings. The number of anilines is 4. The van der Waals surface area contributed by atoms with Crippen molar-refractivity contribution in [3.05, 3.63) is 83.9 Å². The molecule has 9 heteroatoms. The van der Waals surface area contributed by atoms with Gasteiger partial charge in [0, 0.05) is 35.2 Å². The van der Waals surface area contributed by atoms with Crippen LogP contribution in [0.25, 0.3) is 10.9 Å². The average Bonchev–Trinajstić information content (AvgIpc) is 2.82. The van der Waals surface area contributed by atoms with Gasteiger partial charge >= 0.3 is 0 Å². The van der Waals surface area contributed by atoms with E-state index in [1.54, 1.807) is 26.2 Å². The number of aromatic nitrogens is 2. The second kappa shape index (κ2) is 11.3. The van der Waals surface area contributed by atoms with E-state index in [0.717, 1.165) is 33.4 Å². The topological polar surface area (TPSA) is 93.2 Å². The number of nitrogens with one attached hydrogen (secondary N) is 2. The van der Waals surface area contributed by atoms with Crippen molar-refractivity contribution in [2.24, 2.45) is 0 Å². The van der Waals surface area contributed by atoms with E-state index in [-0.39, 0.29) is 23.9 Å². The minimum absolute atomic E-state index is 0. The van der Waals surface area contributed by atoms with Crippen LogP contribution in [0.1, 0.15) is 18.1 Å². The molecule has 0 fully saturated rings. The summed E-state index contributed by atoms with van der Waals surface area (Å²) in [4.78, 5) is 9.47. The van der Waals surface area contributed by atoms with E-state index < -0.39 is 9.84 Å². The Morgan fingerprint density at radius 2 is 1.56 bits per heavy atom. The number of rotatable bonds is 9. The zero-order valence-corrected chi connectivity index (χ0v) is 20.6. The summed E-state index contributed by atoms with van der Waals surface area (Å²) in [7, 11) is -1.42. The summed E-state index contributed by atoms with van der Waals surface area (Å²) in [6.07, 6.45) is 0. The predicted octanol–water partition coefficient (Wildman–Crippen LogP) is 5.62. The molecule has 4 aromatic rings. The Balaban J connectivity index is 0.00000324. The van der Waals surface area contributed by atoms with Crippen LogP contribution >= 0.6 is 12.4 Å². The predicted molar refractivity (Wildman–Crippen MR) is 140 cm³/mol. The number of fused-ring (bicyclic) bond motifs is 1. The number of benzene rings is 3. The maximum absolute atomic E-state index is 11.9. The first-order chi connectivity index (χ1) is 16.0. The normalized spacial score (nSPS) is 11.1. The molecule has 0 spiro atoms. The molecule has 0 unspecified atom stereocenters. The number of nitrogens with zero attached hydrogens (tertiary/aromatic N) is 2. The Hall–Kier alpha value is -3.20. The van der Waals surface area contributed by atoms with Crippen molar-refractivity contribution < 1.29 is 13.2 Å². The fourth-order valence-corrected chi connectivity index (χ4v) is 4.37. The first-order valence-corrected chi connectivity index (χ1v) is 12.5. The maximum atomic E-state index is 11.9. The third-order valence-electron chi connectivity index (χ3n) is 5.18. The van der Waals surface area contributed by atoms with E-state index in [1.807, 2.05) is 60.7 Å². The Labute approximate surface area is 205 Å². The maximum Gasteiger partial charge on any atom is 0.229 e. The molecule has 0 aliphatic heterocycles. The van der Waals surface area contributed by atoms with Gasteiger partial charge in [0.1, 0.15) is 5.82 Å². The highest BCUT2D eigenvalue weighted by atomic mass is 35.5. The van der Waals surface area contributed by atoms with E-state index in [9.17, 15) is 8.42 Å². The molecule has 34 heavy (non-hydrogen) atoms. The summed E-state index contributed by atoms with van der Waals surface area (Å²) in [5.74, 6) is 1.26. The van der Waals surface area contributed by atoms with Crippen LogP contribution in [0.5, 0.6) is 0 Å². The zero-order valence-electron chi connectivity index (χ0n) is 19.0. The Morgan fingerprint density at radius 1 is 0.853 bits per heavy atom. The summed E-state index contributed by atoms with van der Waals surface area (Å²) in [6.45, 7) is 2.08. The second-order valence-corrected chi connectivity index (χ2v) is 9.98. The minimum atomic E-state index is -3.08. The van der Waals surface area contributed by atoms with Crippen molar-refractivity contribution in [3.63, 3.8) is 0 Å². The van der Waals surface area contributed by atoms with Crippen LogP contribution in [-0.2, 0) is 26.9 Å². The third-order valence-corrected chi connectivity index (χ3v) is 6.84. The van der Waals surface area contributed by atoms with Crippen LogP contribution < -0.4 is 10.6 Å². The van der Waals surface area contributed by atoms with Crippen molar-refractivity contribution in [2.45, 2.75) is 19.3 Å². The van der Waals surface area contributed by atoms with Gasteiger partial charge in [0.2, 0.25) is 5.95 Å². The van der Waals surface area contributed by atoms with E-state index >= 15 is 0 Å². The quantitative estimate of drug-likeness (QED) is 0.309. The van der Waals surface area contributed by atoms with Gasteiger partial charge in [0.25, 0.3) is 0 Å². The first kappa shape index (κ1) is 25.4. The molecule has 1 heterocycles. The molecule has 0 bridgehead atoms. The highest BCUT2D eigenvalue weighted by Crippen LogP contribution is 2.29. The van der Waals surface area contributed by atoms with E-state index in [4.69, 9.17) is 14.7 Å². The molecule has 0 atom stereocenters. The lowest BCUT2D eigenvalue weighted by Crippen LogP contribution is -2.07. The molecular weight excluding hydrogens is 472 g/mol. The molecular formula is C25H27ClN4O3S. The molecule has 1 aromatic heterocycles. The van der Waals surface area contributed by atoms with Gasteiger partial charge in [0.05, 0.1) is 17.9 Å². The summed E-state index contributed by atoms with van der Waals surface area (Å²) in [5, 5.41) is 7.52. The number of hydrogen-bond acceptors (Lipinski definition) is 7. The summed E-state index contributed by atoms with van der Waals surface area (Å²) < 4.78 is 29.1. The number of ether oxygens (including phenoxy) is 1. The number of sulfone groups is 1. The average molecular weight is 499 g/mol. The van der Waals surface area contributed by atoms with E-state index in [2.05, 4.69) is 10.6 Å². The molecule has 3 aromatic carbocycles. The number of para-hydroxylation sites is 2. The molecule has 4 rings (SSSR count). The van der Waals surface area contributed by atoms with Crippen molar-refractivity contribution in [3.8, 4) is 0 Å². The highest BCUT2D eigenvalue weighted by molar-refractivity contribution is 7.90. The van der Waals surface area contributed by atoms with Gasteiger partial charge in [-0.05, 0) is 35.9 Å². The van der Waals surface area contributed by atoms with Crippen molar-refractivity contribution in [1.82, 2.24) is 9.97 Å². The monoisotopic (exact) mass is 498 g/mol. The third kappa shape index (κ3) is 6.22. The minimum Gasteiger partial charge on any atom is -0.380 e. The Bertz CT molecular complexity index is 1350. The summed E-state index contributed by atoms with van der Waals surface area (Å²) in [5.41, 5.74) is 4.18. The van der Waals surface area contributed by atoms with Gasteiger partial charge in [-0.15, -0.1) is 12.4 Å². The second-order valence-electron chi connectivity index (χ2n) is 7.63. The summed E-state index contributed by atoms with van der Waals surface area (Å²) >= 11 is 0. The van der Waals surface area contributed by atoms with Gasteiger partial charge in [0.15, 0.2) is 9.84 Å². The smallest absolute Gasteiger partial charge is 0.229 e. The van der Waals surface area contributed by atoms with Gasteiger partial charge in [-0.3, -0.25) is 0 Å². The van der Waals surface area contributed by atoms with E-state index in [0.29, 0.717) is 18.4 Å². The number of halogens is 1. The molecule has 0 radical (unpaired) electrons. The fourth-order valence-electron chi connectivity index (χ4n) is 3.46. The molecule has 178 valence electrons. The molecule has 0 aliphatic carbocycles. The standard InChI is InChI=1S/C25H26N4O3S.ClH/c1-3-33(30,31)17-18-12-14-21(15-13-18)27-25-28-23-19(16-32-2)8-7-11-22(23)24(29-25)26-20-9-5-4-6-10-20;/h4-15H,3,16-17H2,1-2H3,(H2,26,27,28,29);1H. The Kier molecular flexibility index (Phi) is 8.44. The highest BCUT2D eigenvalue weighted by Gasteiger charge is 2.13. The summed E-state index contributed by atoms with van der Waals surface area (Å²) in [6, 6.07) is 23.0. The lowest BCUT2D eigenvalue weighted by atomic mass is 10.1. The number of hydrogen-bond donors (Lipinski definition) is 2. The van der Waals surface area contributed by atoms with Gasteiger partial charge < -0.3 is 15.4 Å². The van der Waals surface area contributed by atoms with Crippen molar-refractivity contribution in [2.75, 3.05) is 23.5 Å². The van der Waals surface area contributed by atoms with Crippen molar-refractivity contribution >= 4 is 56.3 Å². The van der Waals surface area contributed by atoms with Crippen LogP contribution in [0.15, 0.2) is 72.8 Å². The van der Waals surface area contributed by atoms with Crippen LogP contribution in [0, 0.1) is 0 Å². The van der Waals surface area contributed by atoms with Gasteiger partial charge in [-0.2, -0.15) is 4.98 Å². The van der Waals surface area contributed by atoms with Crippen LogP contribution in [-0.4, -0.2) is 31.2 Å². The van der Waals surface area contributed by atoms with Crippen LogP contribution in [0.3, 0.4) is 0 Å². The molecule has 0 amide bonds. The van der Waals surface area contributed by atoms with Crippen LogP contribution in [0.2, 0.25) is 0 Å². The van der Waals surface area contributed by atoms with Gasteiger partial charge in [-0.25, -0.2) is 13.4 Å². The SMILES string of the molecule is CCS(=O)(=O)Cc1ccc(Nc2nc(Nc3ccccc3)c3cccc(COC)c3n2)cc1.Cl. The molecule has 2 N–H and O–H groups in total. The van der Waals surface area contributed by atoms with Crippen molar-refractivity contribution in [1.29, 1.82) is 0 Å². The largest absolute Gasteiger partial charge is 0.380 e. The fraction of sp³-hybridized carbons (Fsp3) is 0.200. The first-order valence-electron chi connectivity index (χ1n) is 10.6. The van der Waals surface area contributed by atoms with Gasteiger partial charge in [-0.1, -0.05) is 49.4 Å². The number of methoxy groups -OCH3 is 1. The zero-order chi connectivity index (χ0) is 23.3. The lowest BCUT2D eigenvalue weighted by Gasteiger charge is -2.14. The molecule has 0 saturated heterocycles. The Morgan fingerprint density at radius 3 is 2.24 bits per heavy atom. The molecule has 7 nitrogen and oxygen atoms in total. The lowest BCUT2D eigenvalue weighted by molar-refractivity contribution is 0.186. The molecule has 0 saturated carbocycles. The van der Waals surface area contributed by atoms with Crippen LogP contribution in [0.4, 0.5) is 23.1 Å². The van der Waals surface area contributed by atoms with E-state index in [1.165, 1.54) is 0 Å².